The van der Waals surface area contributed by atoms with Gasteiger partial charge < -0.3 is 10.7 Å². The van der Waals surface area contributed by atoms with E-state index < -0.39 is 0 Å². The van der Waals surface area contributed by atoms with Gasteiger partial charge in [-0.15, -0.1) is 0 Å². The van der Waals surface area contributed by atoms with E-state index in [1.165, 1.54) is 6.20 Å². The number of nitriles is 1. The molecule has 0 aliphatic rings. The summed E-state index contributed by atoms with van der Waals surface area (Å²) in [5.74, 6) is 0. The number of pyridine rings is 1. The van der Waals surface area contributed by atoms with Crippen LogP contribution in [-0.2, 0) is 0 Å². The van der Waals surface area contributed by atoms with Crippen LogP contribution in [0.25, 0.3) is 22.0 Å². The molecule has 0 aliphatic heterocycles. The lowest BCUT2D eigenvalue weighted by molar-refractivity contribution is 1.19. The van der Waals surface area contributed by atoms with Crippen molar-refractivity contribution in [1.29, 1.82) is 5.26 Å². The number of H-pyrrole nitrogens is 1. The largest absolute Gasteiger partial charge is 0.397 e. The van der Waals surface area contributed by atoms with Gasteiger partial charge in [0.1, 0.15) is 6.07 Å². The lowest BCUT2D eigenvalue weighted by Crippen LogP contribution is -1.99. The molecule has 0 saturated carbocycles. The fourth-order valence-electron chi connectivity index (χ4n) is 2.29. The number of fused-ring (bicyclic) bond motifs is 1. The maximum absolute atomic E-state index is 9.04. The Kier molecular flexibility index (Phi) is 2.46. The number of aromatic amines is 1. The molecule has 0 unspecified atom stereocenters. The van der Waals surface area contributed by atoms with Gasteiger partial charge in [0, 0.05) is 29.2 Å². The molecule has 2 heterocycles. The van der Waals surface area contributed by atoms with E-state index in [1.807, 2.05) is 37.4 Å². The molecule has 19 heavy (non-hydrogen) atoms. The van der Waals surface area contributed by atoms with Crippen molar-refractivity contribution in [3.05, 3.63) is 47.9 Å². The molecule has 0 saturated heterocycles. The van der Waals surface area contributed by atoms with Crippen LogP contribution in [0.1, 0.15) is 11.3 Å². The van der Waals surface area contributed by atoms with E-state index in [2.05, 4.69) is 16.0 Å². The number of rotatable bonds is 1. The minimum atomic E-state index is 0.412. The van der Waals surface area contributed by atoms with Crippen LogP contribution in [0.4, 0.5) is 5.69 Å². The lowest BCUT2D eigenvalue weighted by Gasteiger charge is -2.10. The fraction of sp³-hybridized carbons (Fsp3) is 0.0667. The van der Waals surface area contributed by atoms with Gasteiger partial charge in [0.25, 0.3) is 0 Å². The first-order valence-electron chi connectivity index (χ1n) is 5.93. The number of nitrogens with zero attached hydrogens (tertiary/aromatic N) is 2. The van der Waals surface area contributed by atoms with Crippen molar-refractivity contribution in [2.24, 2.45) is 0 Å². The topological polar surface area (TPSA) is 78.5 Å². The molecule has 0 atom stereocenters. The normalized spacial score (nSPS) is 10.5. The summed E-state index contributed by atoms with van der Waals surface area (Å²) in [5.41, 5.74) is 10.7. The number of hydrogen-bond donors (Lipinski definition) is 2. The smallest absolute Gasteiger partial charge is 0.103 e. The summed E-state index contributed by atoms with van der Waals surface area (Å²) in [6.07, 6.45) is 3.41. The Labute approximate surface area is 110 Å². The predicted molar refractivity (Wildman–Crippen MR) is 75.4 cm³/mol. The number of hydrogen-bond acceptors (Lipinski definition) is 3. The molecule has 0 amide bonds. The van der Waals surface area contributed by atoms with E-state index in [1.54, 1.807) is 0 Å². The summed E-state index contributed by atoms with van der Waals surface area (Å²) in [7, 11) is 0. The molecule has 0 radical (unpaired) electrons. The Morgan fingerprint density at radius 3 is 2.95 bits per heavy atom. The molecule has 0 aliphatic carbocycles. The molecule has 1 aromatic carbocycles. The minimum Gasteiger partial charge on any atom is -0.397 e. The van der Waals surface area contributed by atoms with E-state index in [4.69, 9.17) is 11.0 Å². The molecule has 3 N–H and O–H groups in total. The van der Waals surface area contributed by atoms with Gasteiger partial charge in [-0.2, -0.15) is 5.26 Å². The number of anilines is 1. The zero-order chi connectivity index (χ0) is 13.4. The number of aryl methyl sites for hydroxylation is 1. The Balaban J connectivity index is 2.29. The zero-order valence-corrected chi connectivity index (χ0v) is 10.4. The van der Waals surface area contributed by atoms with Crippen LogP contribution in [0.15, 0.2) is 36.7 Å². The number of nitrogen functional groups attached to an aromatic ring is 1. The van der Waals surface area contributed by atoms with Gasteiger partial charge in [0.15, 0.2) is 0 Å². The van der Waals surface area contributed by atoms with E-state index in [0.29, 0.717) is 11.3 Å². The molecule has 0 bridgehead atoms. The van der Waals surface area contributed by atoms with Crippen molar-refractivity contribution in [1.82, 2.24) is 9.97 Å². The molecule has 4 heteroatoms. The van der Waals surface area contributed by atoms with Gasteiger partial charge >= 0.3 is 0 Å². The second kappa shape index (κ2) is 4.14. The van der Waals surface area contributed by atoms with Crippen molar-refractivity contribution in [2.45, 2.75) is 6.92 Å². The van der Waals surface area contributed by atoms with E-state index in [9.17, 15) is 0 Å². The molecular weight excluding hydrogens is 236 g/mol. The summed E-state index contributed by atoms with van der Waals surface area (Å²) in [4.78, 5) is 7.40. The van der Waals surface area contributed by atoms with Crippen LogP contribution in [0.5, 0.6) is 0 Å². The van der Waals surface area contributed by atoms with E-state index >= 15 is 0 Å². The summed E-state index contributed by atoms with van der Waals surface area (Å²) >= 11 is 0. The standard InChI is InChI=1S/C15H12N4/c1-9-14(15(17)12(7-16)8-19-9)11-2-3-13-10(6-11)4-5-18-13/h2-6,8,18H,1H3,(H2,17,19). The first kappa shape index (κ1) is 11.3. The van der Waals surface area contributed by atoms with Crippen LogP contribution >= 0.6 is 0 Å². The third-order valence-corrected chi connectivity index (χ3v) is 3.27. The quantitative estimate of drug-likeness (QED) is 0.694. The zero-order valence-electron chi connectivity index (χ0n) is 10.4. The summed E-state index contributed by atoms with van der Waals surface area (Å²) in [6.45, 7) is 1.90. The highest BCUT2D eigenvalue weighted by molar-refractivity contribution is 5.89. The maximum atomic E-state index is 9.04. The molecular formula is C15H12N4. The Hall–Kier alpha value is -2.80. The fourth-order valence-corrected chi connectivity index (χ4v) is 2.29. The van der Waals surface area contributed by atoms with E-state index in [-0.39, 0.29) is 0 Å². The molecule has 4 nitrogen and oxygen atoms in total. The van der Waals surface area contributed by atoms with Gasteiger partial charge in [0.2, 0.25) is 0 Å². The van der Waals surface area contributed by atoms with Crippen molar-refractivity contribution in [3.63, 3.8) is 0 Å². The van der Waals surface area contributed by atoms with Gasteiger partial charge in [-0.05, 0) is 36.1 Å². The Morgan fingerprint density at radius 2 is 2.16 bits per heavy atom. The first-order chi connectivity index (χ1) is 9.20. The SMILES string of the molecule is Cc1ncc(C#N)c(N)c1-c1ccc2[nH]ccc2c1. The Morgan fingerprint density at radius 1 is 1.32 bits per heavy atom. The van der Waals surface area contributed by atoms with Crippen LogP contribution in [0, 0.1) is 18.3 Å². The molecule has 0 fully saturated rings. The average Bonchev–Trinajstić information content (AvgIpc) is 2.86. The molecule has 2 aromatic heterocycles. The molecule has 92 valence electrons. The molecule has 3 rings (SSSR count). The second-order valence-electron chi connectivity index (χ2n) is 4.44. The van der Waals surface area contributed by atoms with Crippen LogP contribution < -0.4 is 5.73 Å². The maximum Gasteiger partial charge on any atom is 0.103 e. The molecule has 3 aromatic rings. The third kappa shape index (κ3) is 1.72. The second-order valence-corrected chi connectivity index (χ2v) is 4.44. The highest BCUT2D eigenvalue weighted by Crippen LogP contribution is 2.32. The third-order valence-electron chi connectivity index (χ3n) is 3.27. The van der Waals surface area contributed by atoms with Crippen molar-refractivity contribution in [2.75, 3.05) is 5.73 Å². The monoisotopic (exact) mass is 248 g/mol. The summed E-state index contributed by atoms with van der Waals surface area (Å²) < 4.78 is 0. The summed E-state index contributed by atoms with van der Waals surface area (Å²) in [6, 6.07) is 10.1. The van der Waals surface area contributed by atoms with Crippen LogP contribution in [0.3, 0.4) is 0 Å². The predicted octanol–water partition coefficient (Wildman–Crippen LogP) is 2.99. The number of nitrogens with two attached hydrogens (primary N) is 1. The van der Waals surface area contributed by atoms with Gasteiger partial charge in [-0.1, -0.05) is 6.07 Å². The van der Waals surface area contributed by atoms with Crippen LogP contribution in [-0.4, -0.2) is 9.97 Å². The Bertz CT molecular complexity index is 809. The van der Waals surface area contributed by atoms with Crippen LogP contribution in [0.2, 0.25) is 0 Å². The van der Waals surface area contributed by atoms with E-state index in [0.717, 1.165) is 27.7 Å². The molecule has 0 spiro atoms. The van der Waals surface area contributed by atoms with Crippen molar-refractivity contribution < 1.29 is 0 Å². The number of aromatic nitrogens is 2. The van der Waals surface area contributed by atoms with Gasteiger partial charge in [-0.3, -0.25) is 4.98 Å². The first-order valence-corrected chi connectivity index (χ1v) is 5.93. The number of nitrogens with one attached hydrogen (secondary N) is 1. The highest BCUT2D eigenvalue weighted by Gasteiger charge is 2.12. The highest BCUT2D eigenvalue weighted by atomic mass is 14.7. The lowest BCUT2D eigenvalue weighted by atomic mass is 9.99. The van der Waals surface area contributed by atoms with Gasteiger partial charge in [-0.25, -0.2) is 0 Å². The average molecular weight is 248 g/mol. The van der Waals surface area contributed by atoms with Crippen molar-refractivity contribution >= 4 is 16.6 Å². The minimum absolute atomic E-state index is 0.412. The van der Waals surface area contributed by atoms with Crippen molar-refractivity contribution in [3.8, 4) is 17.2 Å². The number of benzene rings is 1. The van der Waals surface area contributed by atoms with Gasteiger partial charge in [0.05, 0.1) is 11.3 Å². The summed E-state index contributed by atoms with van der Waals surface area (Å²) in [5, 5.41) is 10.2.